The van der Waals surface area contributed by atoms with Crippen LogP contribution in [0, 0.1) is 12.8 Å². The average molecular weight is 313 g/mol. The number of aryl methyl sites for hydroxylation is 1. The number of nitrogens with one attached hydrogen (secondary N) is 1. The van der Waals surface area contributed by atoms with Crippen molar-refractivity contribution in [1.82, 2.24) is 20.3 Å². The molecule has 0 aliphatic carbocycles. The number of carbonyl (C=O) groups excluding carboxylic acids is 1. The molecular formula is C16H19N5O2. The van der Waals surface area contributed by atoms with Crippen LogP contribution < -0.4 is 10.2 Å². The fourth-order valence-corrected chi connectivity index (χ4v) is 2.84. The van der Waals surface area contributed by atoms with Gasteiger partial charge in [0.1, 0.15) is 17.8 Å². The Balaban J connectivity index is 1.72. The Morgan fingerprint density at radius 2 is 2.22 bits per heavy atom. The topological polar surface area (TPSA) is 91.2 Å². The van der Waals surface area contributed by atoms with Gasteiger partial charge in [0.15, 0.2) is 0 Å². The van der Waals surface area contributed by atoms with E-state index in [1.165, 1.54) is 6.33 Å². The molecule has 2 aromatic heterocycles. The number of aliphatic hydroxyl groups excluding tert-OH is 1. The number of amides is 1. The Morgan fingerprint density at radius 3 is 2.91 bits per heavy atom. The molecular weight excluding hydrogens is 294 g/mol. The van der Waals surface area contributed by atoms with E-state index in [1.807, 2.05) is 24.0 Å². The minimum atomic E-state index is -0.212. The molecule has 0 saturated carbocycles. The van der Waals surface area contributed by atoms with Crippen molar-refractivity contribution in [2.75, 3.05) is 24.6 Å². The third-order valence-corrected chi connectivity index (χ3v) is 4.11. The molecule has 0 bridgehead atoms. The number of carbonyl (C=O) groups is 1. The van der Waals surface area contributed by atoms with Crippen LogP contribution in [0.2, 0.25) is 0 Å². The predicted molar refractivity (Wildman–Crippen MR) is 85.0 cm³/mol. The highest BCUT2D eigenvalue weighted by Gasteiger charge is 2.34. The molecule has 3 heterocycles. The van der Waals surface area contributed by atoms with Crippen molar-refractivity contribution in [1.29, 1.82) is 0 Å². The van der Waals surface area contributed by atoms with Crippen molar-refractivity contribution in [3.05, 3.63) is 48.2 Å². The van der Waals surface area contributed by atoms with Gasteiger partial charge in [-0.2, -0.15) is 0 Å². The van der Waals surface area contributed by atoms with Gasteiger partial charge >= 0.3 is 0 Å². The summed E-state index contributed by atoms with van der Waals surface area (Å²) in [5.74, 6) is 0.540. The van der Waals surface area contributed by atoms with Gasteiger partial charge in [-0.25, -0.2) is 9.97 Å². The maximum atomic E-state index is 12.4. The van der Waals surface area contributed by atoms with Crippen molar-refractivity contribution >= 4 is 11.7 Å². The van der Waals surface area contributed by atoms with Crippen LogP contribution in [0.5, 0.6) is 0 Å². The maximum absolute atomic E-state index is 12.4. The first-order valence-corrected chi connectivity index (χ1v) is 7.53. The zero-order valence-corrected chi connectivity index (χ0v) is 12.9. The molecule has 3 rings (SSSR count). The lowest BCUT2D eigenvalue weighted by molar-refractivity contribution is 0.0916. The van der Waals surface area contributed by atoms with Crippen molar-refractivity contribution in [2.45, 2.75) is 13.0 Å². The van der Waals surface area contributed by atoms with Crippen LogP contribution in [0.3, 0.4) is 0 Å². The Hall–Kier alpha value is -2.54. The SMILES string of the molecule is Cc1cccnc1C(=O)N[C@@H]1CN(c2ccncn2)C[C@H]1CO. The summed E-state index contributed by atoms with van der Waals surface area (Å²) in [6.07, 6.45) is 4.78. The number of hydrogen-bond donors (Lipinski definition) is 2. The quantitative estimate of drug-likeness (QED) is 0.849. The molecule has 7 heteroatoms. The third-order valence-electron chi connectivity index (χ3n) is 4.11. The zero-order chi connectivity index (χ0) is 16.2. The monoisotopic (exact) mass is 313 g/mol. The summed E-state index contributed by atoms with van der Waals surface area (Å²) in [5.41, 5.74) is 1.25. The fraction of sp³-hybridized carbons (Fsp3) is 0.375. The van der Waals surface area contributed by atoms with Crippen molar-refractivity contribution in [3.63, 3.8) is 0 Å². The van der Waals surface area contributed by atoms with E-state index in [2.05, 4.69) is 20.3 Å². The second-order valence-corrected chi connectivity index (χ2v) is 5.66. The Labute approximate surface area is 134 Å². The van der Waals surface area contributed by atoms with Gasteiger partial charge in [-0.3, -0.25) is 9.78 Å². The Bertz CT molecular complexity index is 679. The summed E-state index contributed by atoms with van der Waals surface area (Å²) in [7, 11) is 0. The fourth-order valence-electron chi connectivity index (χ4n) is 2.84. The molecule has 0 radical (unpaired) electrons. The van der Waals surface area contributed by atoms with Gasteiger partial charge in [0.05, 0.1) is 6.04 Å². The molecule has 2 atom stereocenters. The molecule has 120 valence electrons. The summed E-state index contributed by atoms with van der Waals surface area (Å²) in [5, 5.41) is 12.6. The summed E-state index contributed by atoms with van der Waals surface area (Å²) in [6.45, 7) is 3.10. The molecule has 1 amide bonds. The van der Waals surface area contributed by atoms with Crippen LogP contribution in [-0.4, -0.2) is 51.7 Å². The smallest absolute Gasteiger partial charge is 0.270 e. The standard InChI is InChI=1S/C16H19N5O2/c1-11-3-2-5-18-15(11)16(23)20-13-8-21(7-12(13)9-22)14-4-6-17-10-19-14/h2-6,10,12-13,22H,7-9H2,1H3,(H,20,23)/t12-,13+/m0/s1. The van der Waals surface area contributed by atoms with Gasteiger partial charge in [0, 0.05) is 38.0 Å². The largest absolute Gasteiger partial charge is 0.396 e. The third kappa shape index (κ3) is 3.29. The highest BCUT2D eigenvalue weighted by molar-refractivity contribution is 5.93. The molecule has 7 nitrogen and oxygen atoms in total. The average Bonchev–Trinajstić information content (AvgIpc) is 2.99. The number of aliphatic hydroxyl groups is 1. The lowest BCUT2D eigenvalue weighted by Crippen LogP contribution is -2.42. The summed E-state index contributed by atoms with van der Waals surface area (Å²) in [6, 6.07) is 5.33. The molecule has 1 aliphatic heterocycles. The van der Waals surface area contributed by atoms with Crippen molar-refractivity contribution in [2.24, 2.45) is 5.92 Å². The first kappa shape index (κ1) is 15.4. The van der Waals surface area contributed by atoms with E-state index in [-0.39, 0.29) is 24.5 Å². The second kappa shape index (κ2) is 6.70. The molecule has 1 fully saturated rings. The van der Waals surface area contributed by atoms with Crippen LogP contribution in [0.25, 0.3) is 0 Å². The summed E-state index contributed by atoms with van der Waals surface area (Å²) >= 11 is 0. The lowest BCUT2D eigenvalue weighted by Gasteiger charge is -2.18. The summed E-state index contributed by atoms with van der Waals surface area (Å²) in [4.78, 5) is 26.7. The van der Waals surface area contributed by atoms with Crippen LogP contribution in [0.4, 0.5) is 5.82 Å². The van der Waals surface area contributed by atoms with Gasteiger partial charge in [-0.15, -0.1) is 0 Å². The van der Waals surface area contributed by atoms with Gasteiger partial charge < -0.3 is 15.3 Å². The van der Waals surface area contributed by atoms with Crippen LogP contribution >= 0.6 is 0 Å². The van der Waals surface area contributed by atoms with Crippen LogP contribution in [0.15, 0.2) is 36.9 Å². The molecule has 2 aromatic rings. The summed E-state index contributed by atoms with van der Waals surface area (Å²) < 4.78 is 0. The minimum Gasteiger partial charge on any atom is -0.396 e. The Kier molecular flexibility index (Phi) is 4.47. The van der Waals surface area contributed by atoms with Crippen molar-refractivity contribution in [3.8, 4) is 0 Å². The van der Waals surface area contributed by atoms with Crippen molar-refractivity contribution < 1.29 is 9.90 Å². The lowest BCUT2D eigenvalue weighted by atomic mass is 10.0. The number of hydrogen-bond acceptors (Lipinski definition) is 6. The first-order valence-electron chi connectivity index (χ1n) is 7.53. The molecule has 23 heavy (non-hydrogen) atoms. The molecule has 1 aliphatic rings. The molecule has 0 unspecified atom stereocenters. The van der Waals surface area contributed by atoms with Gasteiger partial charge in [-0.1, -0.05) is 6.07 Å². The van der Waals surface area contributed by atoms with Crippen LogP contribution in [-0.2, 0) is 0 Å². The Morgan fingerprint density at radius 1 is 1.35 bits per heavy atom. The molecule has 2 N–H and O–H groups in total. The maximum Gasteiger partial charge on any atom is 0.270 e. The highest BCUT2D eigenvalue weighted by atomic mass is 16.3. The number of rotatable bonds is 4. The van der Waals surface area contributed by atoms with Gasteiger partial charge in [0.25, 0.3) is 5.91 Å². The van der Waals surface area contributed by atoms with E-state index in [9.17, 15) is 9.90 Å². The van der Waals surface area contributed by atoms with Crippen LogP contribution in [0.1, 0.15) is 16.1 Å². The number of pyridine rings is 1. The molecule has 1 saturated heterocycles. The predicted octanol–water partition coefficient (Wildman–Crippen LogP) is 0.407. The number of anilines is 1. The van der Waals surface area contributed by atoms with E-state index in [1.54, 1.807) is 18.5 Å². The van der Waals surface area contributed by atoms with E-state index in [0.717, 1.165) is 11.4 Å². The van der Waals surface area contributed by atoms with Gasteiger partial charge in [-0.05, 0) is 24.6 Å². The van der Waals surface area contributed by atoms with Gasteiger partial charge in [0.2, 0.25) is 0 Å². The van der Waals surface area contributed by atoms with E-state index < -0.39 is 0 Å². The highest BCUT2D eigenvalue weighted by Crippen LogP contribution is 2.22. The minimum absolute atomic E-state index is 0.00767. The number of aromatic nitrogens is 3. The van der Waals surface area contributed by atoms with E-state index in [4.69, 9.17) is 0 Å². The van der Waals surface area contributed by atoms with E-state index >= 15 is 0 Å². The zero-order valence-electron chi connectivity index (χ0n) is 12.9. The normalized spacial score (nSPS) is 20.5. The number of nitrogens with zero attached hydrogens (tertiary/aromatic N) is 4. The molecule has 0 spiro atoms. The molecule has 0 aromatic carbocycles. The first-order chi connectivity index (χ1) is 11.2. The second-order valence-electron chi connectivity index (χ2n) is 5.66. The van der Waals surface area contributed by atoms with E-state index in [0.29, 0.717) is 18.8 Å².